The smallest absolute Gasteiger partial charge is 0.238 e. The number of halogens is 1. The van der Waals surface area contributed by atoms with E-state index in [1.54, 1.807) is 18.2 Å². The lowest BCUT2D eigenvalue weighted by Crippen LogP contribution is -2.29. The minimum atomic E-state index is -0.0574. The van der Waals surface area contributed by atoms with Crippen LogP contribution >= 0.6 is 11.6 Å². The van der Waals surface area contributed by atoms with Crippen molar-refractivity contribution in [3.05, 3.63) is 23.2 Å². The quantitative estimate of drug-likeness (QED) is 0.731. The van der Waals surface area contributed by atoms with E-state index in [9.17, 15) is 4.79 Å². The molecule has 1 aliphatic carbocycles. The van der Waals surface area contributed by atoms with E-state index in [1.807, 2.05) is 19.0 Å². The Balaban J connectivity index is 1.76. The third-order valence-electron chi connectivity index (χ3n) is 3.43. The molecule has 0 heterocycles. The first kappa shape index (κ1) is 17.1. The molecular weight excluding hydrogens is 302 g/mol. The highest BCUT2D eigenvalue weighted by atomic mass is 35.5. The number of benzene rings is 1. The van der Waals surface area contributed by atoms with Gasteiger partial charge in [0.05, 0.1) is 11.6 Å². The first-order valence-corrected chi connectivity index (χ1v) is 8.00. The SMILES string of the molecule is CN(C)CCOc1ccc(NC(=O)CNCC2CC2)cc1Cl. The lowest BCUT2D eigenvalue weighted by molar-refractivity contribution is -0.115. The third-order valence-corrected chi connectivity index (χ3v) is 3.72. The Morgan fingerprint density at radius 2 is 2.18 bits per heavy atom. The summed E-state index contributed by atoms with van der Waals surface area (Å²) in [5, 5.41) is 6.49. The fraction of sp³-hybridized carbons (Fsp3) is 0.562. The Bertz CT molecular complexity index is 504. The first-order valence-electron chi connectivity index (χ1n) is 7.62. The predicted octanol–water partition coefficient (Wildman–Crippen LogP) is 2.22. The number of likely N-dealkylation sites (N-methyl/N-ethyl adjacent to an activating group) is 1. The zero-order chi connectivity index (χ0) is 15.9. The molecule has 1 aromatic rings. The molecule has 0 unspecified atom stereocenters. The van der Waals surface area contributed by atoms with Crippen molar-refractivity contribution in [1.82, 2.24) is 10.2 Å². The molecule has 0 aromatic heterocycles. The molecule has 5 nitrogen and oxygen atoms in total. The van der Waals surface area contributed by atoms with Crippen molar-refractivity contribution in [1.29, 1.82) is 0 Å². The highest BCUT2D eigenvalue weighted by Crippen LogP contribution is 2.28. The molecule has 122 valence electrons. The number of hydrogen-bond donors (Lipinski definition) is 2. The fourth-order valence-corrected chi connectivity index (χ4v) is 2.19. The highest BCUT2D eigenvalue weighted by Gasteiger charge is 2.20. The summed E-state index contributed by atoms with van der Waals surface area (Å²) >= 11 is 6.18. The maximum Gasteiger partial charge on any atom is 0.238 e. The lowest BCUT2D eigenvalue weighted by Gasteiger charge is -2.13. The summed E-state index contributed by atoms with van der Waals surface area (Å²) in [6.45, 7) is 2.65. The van der Waals surface area contributed by atoms with Gasteiger partial charge in [0, 0.05) is 12.2 Å². The molecular formula is C16H24ClN3O2. The minimum absolute atomic E-state index is 0.0574. The number of carbonyl (C=O) groups excluding carboxylic acids is 1. The number of nitrogens with zero attached hydrogens (tertiary/aromatic N) is 1. The van der Waals surface area contributed by atoms with Crippen LogP contribution in [-0.4, -0.2) is 51.1 Å². The number of nitrogens with one attached hydrogen (secondary N) is 2. The number of carbonyl (C=O) groups is 1. The summed E-state index contributed by atoms with van der Waals surface area (Å²) in [6.07, 6.45) is 2.55. The van der Waals surface area contributed by atoms with Crippen LogP contribution in [0.25, 0.3) is 0 Å². The van der Waals surface area contributed by atoms with Gasteiger partial charge in [-0.2, -0.15) is 0 Å². The largest absolute Gasteiger partial charge is 0.491 e. The Labute approximate surface area is 137 Å². The Morgan fingerprint density at radius 3 is 2.82 bits per heavy atom. The molecule has 0 aliphatic heterocycles. The van der Waals surface area contributed by atoms with Gasteiger partial charge in [-0.1, -0.05) is 11.6 Å². The van der Waals surface area contributed by atoms with Crippen LogP contribution in [0.15, 0.2) is 18.2 Å². The molecule has 0 radical (unpaired) electrons. The second-order valence-corrected chi connectivity index (χ2v) is 6.33. The molecule has 0 saturated heterocycles. The van der Waals surface area contributed by atoms with Crippen LogP contribution in [-0.2, 0) is 4.79 Å². The van der Waals surface area contributed by atoms with Crippen molar-refractivity contribution in [3.8, 4) is 5.75 Å². The second kappa shape index (κ2) is 8.36. The summed E-state index contributed by atoms with van der Waals surface area (Å²) in [6, 6.07) is 5.30. The fourth-order valence-electron chi connectivity index (χ4n) is 1.95. The van der Waals surface area contributed by atoms with Gasteiger partial charge in [-0.25, -0.2) is 0 Å². The minimum Gasteiger partial charge on any atom is -0.491 e. The average molecular weight is 326 g/mol. The molecule has 1 saturated carbocycles. The third kappa shape index (κ3) is 6.22. The van der Waals surface area contributed by atoms with E-state index in [0.29, 0.717) is 29.6 Å². The van der Waals surface area contributed by atoms with Crippen LogP contribution in [0.4, 0.5) is 5.69 Å². The van der Waals surface area contributed by atoms with Crippen LogP contribution in [0.2, 0.25) is 5.02 Å². The number of rotatable bonds is 9. The van der Waals surface area contributed by atoms with E-state index in [0.717, 1.165) is 19.0 Å². The normalized spacial score (nSPS) is 14.2. The monoisotopic (exact) mass is 325 g/mol. The molecule has 2 N–H and O–H groups in total. The summed E-state index contributed by atoms with van der Waals surface area (Å²) in [5.74, 6) is 1.34. The molecule has 1 aromatic carbocycles. The Kier molecular flexibility index (Phi) is 6.49. The van der Waals surface area contributed by atoms with Gasteiger partial charge in [0.2, 0.25) is 5.91 Å². The zero-order valence-electron chi connectivity index (χ0n) is 13.2. The van der Waals surface area contributed by atoms with Gasteiger partial charge in [0.15, 0.2) is 0 Å². The molecule has 0 spiro atoms. The molecule has 6 heteroatoms. The highest BCUT2D eigenvalue weighted by molar-refractivity contribution is 6.32. The van der Waals surface area contributed by atoms with Crippen molar-refractivity contribution < 1.29 is 9.53 Å². The number of amides is 1. The predicted molar refractivity (Wildman–Crippen MR) is 89.7 cm³/mol. The van der Waals surface area contributed by atoms with E-state index in [1.165, 1.54) is 12.8 Å². The van der Waals surface area contributed by atoms with Crippen LogP contribution in [0.3, 0.4) is 0 Å². The van der Waals surface area contributed by atoms with Crippen molar-refractivity contribution in [3.63, 3.8) is 0 Å². The topological polar surface area (TPSA) is 53.6 Å². The first-order chi connectivity index (χ1) is 10.5. The Hall–Kier alpha value is -1.30. The van der Waals surface area contributed by atoms with Crippen molar-refractivity contribution in [2.75, 3.05) is 45.7 Å². The van der Waals surface area contributed by atoms with Gasteiger partial charge in [0.25, 0.3) is 0 Å². The molecule has 0 atom stereocenters. The van der Waals surface area contributed by atoms with E-state index in [4.69, 9.17) is 16.3 Å². The maximum absolute atomic E-state index is 11.8. The molecule has 1 amide bonds. The molecule has 1 fully saturated rings. The van der Waals surface area contributed by atoms with E-state index < -0.39 is 0 Å². The second-order valence-electron chi connectivity index (χ2n) is 5.92. The Morgan fingerprint density at radius 1 is 1.41 bits per heavy atom. The summed E-state index contributed by atoms with van der Waals surface area (Å²) in [5.41, 5.74) is 0.684. The van der Waals surface area contributed by atoms with Crippen molar-refractivity contribution >= 4 is 23.2 Å². The van der Waals surface area contributed by atoms with E-state index in [2.05, 4.69) is 10.6 Å². The summed E-state index contributed by atoms with van der Waals surface area (Å²) in [4.78, 5) is 13.8. The van der Waals surface area contributed by atoms with Gasteiger partial charge in [-0.3, -0.25) is 4.79 Å². The van der Waals surface area contributed by atoms with Crippen LogP contribution in [0, 0.1) is 5.92 Å². The van der Waals surface area contributed by atoms with Crippen LogP contribution in [0.5, 0.6) is 5.75 Å². The summed E-state index contributed by atoms with van der Waals surface area (Å²) in [7, 11) is 3.97. The number of hydrogen-bond acceptors (Lipinski definition) is 4. The standard InChI is InChI=1S/C16H24ClN3O2/c1-20(2)7-8-22-15-6-5-13(9-14(15)17)19-16(21)11-18-10-12-3-4-12/h5-6,9,12,18H,3-4,7-8,10-11H2,1-2H3,(H,19,21). The van der Waals surface area contributed by atoms with Crippen molar-refractivity contribution in [2.24, 2.45) is 5.92 Å². The molecule has 22 heavy (non-hydrogen) atoms. The number of ether oxygens (including phenoxy) is 1. The van der Waals surface area contributed by atoms with Crippen LogP contribution < -0.4 is 15.4 Å². The van der Waals surface area contributed by atoms with Crippen molar-refractivity contribution in [2.45, 2.75) is 12.8 Å². The molecule has 0 bridgehead atoms. The van der Waals surface area contributed by atoms with Crippen LogP contribution in [0.1, 0.15) is 12.8 Å². The van der Waals surface area contributed by atoms with Gasteiger partial charge in [-0.05, 0) is 57.6 Å². The van der Waals surface area contributed by atoms with Gasteiger partial charge >= 0.3 is 0 Å². The lowest BCUT2D eigenvalue weighted by atomic mass is 10.3. The average Bonchev–Trinajstić information content (AvgIpc) is 3.25. The van der Waals surface area contributed by atoms with E-state index >= 15 is 0 Å². The van der Waals surface area contributed by atoms with E-state index in [-0.39, 0.29) is 5.91 Å². The van der Waals surface area contributed by atoms with Gasteiger partial charge < -0.3 is 20.3 Å². The summed E-state index contributed by atoms with van der Waals surface area (Å²) < 4.78 is 5.61. The van der Waals surface area contributed by atoms with Gasteiger partial charge in [-0.15, -0.1) is 0 Å². The zero-order valence-corrected chi connectivity index (χ0v) is 13.9. The number of anilines is 1. The maximum atomic E-state index is 11.8. The molecule has 1 aliphatic rings. The van der Waals surface area contributed by atoms with Gasteiger partial charge in [0.1, 0.15) is 12.4 Å². The molecule has 2 rings (SSSR count).